The Bertz CT molecular complexity index is 687. The number of aromatic nitrogens is 1. The van der Waals surface area contributed by atoms with E-state index in [-0.39, 0.29) is 23.1 Å². The summed E-state index contributed by atoms with van der Waals surface area (Å²) in [5, 5.41) is 0. The minimum Gasteiger partial charge on any atom is -0.444 e. The quantitative estimate of drug-likeness (QED) is 0.796. The van der Waals surface area contributed by atoms with Gasteiger partial charge in [-0.15, -0.1) is 0 Å². The van der Waals surface area contributed by atoms with E-state index >= 15 is 0 Å². The predicted octanol–water partition coefficient (Wildman–Crippen LogP) is 3.19. The molecule has 1 aliphatic rings. The molecule has 2 aromatic rings. The average Bonchev–Trinajstić information content (AvgIpc) is 2.81. The standard InChI is InChI=1S/C16H14FNO3/c1-9-18-15(10-5-7-11(17)8-6-10)16(21-9)14-12(19)3-2-4-13(14)20/h5-8,14H,2-4H2,1H3. The van der Waals surface area contributed by atoms with Crippen molar-refractivity contribution < 1.29 is 18.4 Å². The van der Waals surface area contributed by atoms with Crippen LogP contribution < -0.4 is 0 Å². The van der Waals surface area contributed by atoms with Gasteiger partial charge in [-0.25, -0.2) is 9.37 Å². The van der Waals surface area contributed by atoms with Crippen LogP contribution in [0.2, 0.25) is 0 Å². The molecule has 21 heavy (non-hydrogen) atoms. The third-order valence-electron chi connectivity index (χ3n) is 3.63. The third-order valence-corrected chi connectivity index (χ3v) is 3.63. The van der Waals surface area contributed by atoms with Gasteiger partial charge in [-0.1, -0.05) is 0 Å². The smallest absolute Gasteiger partial charge is 0.191 e. The molecule has 0 saturated heterocycles. The highest BCUT2D eigenvalue weighted by atomic mass is 19.1. The van der Waals surface area contributed by atoms with Gasteiger partial charge >= 0.3 is 0 Å². The maximum atomic E-state index is 13.0. The van der Waals surface area contributed by atoms with Crippen molar-refractivity contribution in [3.63, 3.8) is 0 Å². The Labute approximate surface area is 121 Å². The SMILES string of the molecule is Cc1nc(-c2ccc(F)cc2)c(C2C(=O)CCCC2=O)o1. The van der Waals surface area contributed by atoms with Crippen LogP contribution in [0.1, 0.15) is 36.8 Å². The average molecular weight is 287 g/mol. The summed E-state index contributed by atoms with van der Waals surface area (Å²) in [6.07, 6.45) is 1.34. The Morgan fingerprint density at radius 2 is 1.76 bits per heavy atom. The van der Waals surface area contributed by atoms with E-state index in [1.165, 1.54) is 12.1 Å². The minimum atomic E-state index is -0.875. The molecule has 1 aromatic carbocycles. The Balaban J connectivity index is 2.09. The Kier molecular flexibility index (Phi) is 3.41. The van der Waals surface area contributed by atoms with Gasteiger partial charge in [0.2, 0.25) is 0 Å². The molecule has 1 aliphatic carbocycles. The summed E-state index contributed by atoms with van der Waals surface area (Å²) in [6.45, 7) is 1.66. The zero-order valence-corrected chi connectivity index (χ0v) is 11.6. The molecule has 1 heterocycles. The molecule has 1 aromatic heterocycles. The van der Waals surface area contributed by atoms with Crippen LogP contribution in [0.4, 0.5) is 4.39 Å². The van der Waals surface area contributed by atoms with Crippen molar-refractivity contribution in [2.24, 2.45) is 0 Å². The van der Waals surface area contributed by atoms with E-state index in [1.54, 1.807) is 19.1 Å². The number of hydrogen-bond acceptors (Lipinski definition) is 4. The van der Waals surface area contributed by atoms with E-state index in [0.29, 0.717) is 36.4 Å². The summed E-state index contributed by atoms with van der Waals surface area (Å²) < 4.78 is 18.6. The van der Waals surface area contributed by atoms with E-state index in [4.69, 9.17) is 4.42 Å². The molecule has 5 heteroatoms. The maximum absolute atomic E-state index is 13.0. The lowest BCUT2D eigenvalue weighted by Gasteiger charge is -2.18. The van der Waals surface area contributed by atoms with Gasteiger partial charge in [0.05, 0.1) is 0 Å². The first-order valence-corrected chi connectivity index (χ1v) is 6.85. The number of ketones is 2. The van der Waals surface area contributed by atoms with Crippen molar-refractivity contribution >= 4 is 11.6 Å². The molecule has 108 valence electrons. The molecule has 1 fully saturated rings. The molecule has 0 radical (unpaired) electrons. The monoisotopic (exact) mass is 287 g/mol. The van der Waals surface area contributed by atoms with E-state index in [2.05, 4.69) is 4.98 Å². The molecule has 0 spiro atoms. The van der Waals surface area contributed by atoms with Crippen molar-refractivity contribution in [1.29, 1.82) is 0 Å². The van der Waals surface area contributed by atoms with Gasteiger partial charge in [0.1, 0.15) is 23.2 Å². The third kappa shape index (κ3) is 2.51. The van der Waals surface area contributed by atoms with Gasteiger partial charge < -0.3 is 4.42 Å². The maximum Gasteiger partial charge on any atom is 0.191 e. The van der Waals surface area contributed by atoms with Crippen LogP contribution in [0.25, 0.3) is 11.3 Å². The van der Waals surface area contributed by atoms with E-state index in [0.717, 1.165) is 0 Å². The number of Topliss-reactive ketones (excluding diaryl/α,β-unsaturated/α-hetero) is 2. The van der Waals surface area contributed by atoms with Crippen LogP contribution in [0, 0.1) is 12.7 Å². The minimum absolute atomic E-state index is 0.134. The number of benzene rings is 1. The molecule has 4 nitrogen and oxygen atoms in total. The molecule has 0 unspecified atom stereocenters. The molecular weight excluding hydrogens is 273 g/mol. The number of hydrogen-bond donors (Lipinski definition) is 0. The number of carbonyl (C=O) groups is 2. The first-order valence-electron chi connectivity index (χ1n) is 6.85. The molecule has 1 saturated carbocycles. The molecule has 0 bridgehead atoms. The zero-order valence-electron chi connectivity index (χ0n) is 11.6. The number of nitrogens with zero attached hydrogens (tertiary/aromatic N) is 1. The van der Waals surface area contributed by atoms with Crippen molar-refractivity contribution in [3.8, 4) is 11.3 Å². The number of carbonyl (C=O) groups excluding carboxylic acids is 2. The van der Waals surface area contributed by atoms with Gasteiger partial charge in [0.15, 0.2) is 17.5 Å². The Morgan fingerprint density at radius 1 is 1.14 bits per heavy atom. The number of aryl methyl sites for hydroxylation is 1. The first kappa shape index (κ1) is 13.7. The topological polar surface area (TPSA) is 60.2 Å². The fourth-order valence-corrected chi connectivity index (χ4v) is 2.65. The van der Waals surface area contributed by atoms with Crippen LogP contribution in [0.5, 0.6) is 0 Å². The van der Waals surface area contributed by atoms with E-state index in [1.807, 2.05) is 0 Å². The van der Waals surface area contributed by atoms with Crippen LogP contribution in [-0.4, -0.2) is 16.6 Å². The lowest BCUT2D eigenvalue weighted by Crippen LogP contribution is -2.26. The zero-order chi connectivity index (χ0) is 15.0. The largest absolute Gasteiger partial charge is 0.444 e. The second-order valence-corrected chi connectivity index (χ2v) is 5.17. The van der Waals surface area contributed by atoms with Crippen molar-refractivity contribution in [2.45, 2.75) is 32.1 Å². The summed E-state index contributed by atoms with van der Waals surface area (Å²) in [5.74, 6) is -0.828. The predicted molar refractivity (Wildman–Crippen MR) is 73.2 cm³/mol. The van der Waals surface area contributed by atoms with Gasteiger partial charge in [-0.05, 0) is 30.7 Å². The lowest BCUT2D eigenvalue weighted by atomic mass is 9.83. The van der Waals surface area contributed by atoms with Crippen molar-refractivity contribution in [2.75, 3.05) is 0 Å². The van der Waals surface area contributed by atoms with Crippen molar-refractivity contribution in [3.05, 3.63) is 41.7 Å². The van der Waals surface area contributed by atoms with E-state index in [9.17, 15) is 14.0 Å². The van der Waals surface area contributed by atoms with Gasteiger partial charge in [-0.2, -0.15) is 0 Å². The normalized spacial score (nSPS) is 16.5. The Hall–Kier alpha value is -2.30. The molecule has 0 N–H and O–H groups in total. The summed E-state index contributed by atoms with van der Waals surface area (Å²) in [4.78, 5) is 28.4. The van der Waals surface area contributed by atoms with Gasteiger partial charge in [0.25, 0.3) is 0 Å². The van der Waals surface area contributed by atoms with Crippen LogP contribution in [0.15, 0.2) is 28.7 Å². The highest BCUT2D eigenvalue weighted by molar-refractivity contribution is 6.09. The van der Waals surface area contributed by atoms with Gasteiger partial charge in [0, 0.05) is 25.3 Å². The van der Waals surface area contributed by atoms with Crippen LogP contribution in [0.3, 0.4) is 0 Å². The number of rotatable bonds is 2. The fourth-order valence-electron chi connectivity index (χ4n) is 2.65. The number of oxazole rings is 1. The van der Waals surface area contributed by atoms with Crippen LogP contribution >= 0.6 is 0 Å². The van der Waals surface area contributed by atoms with E-state index < -0.39 is 5.92 Å². The molecular formula is C16H14FNO3. The van der Waals surface area contributed by atoms with Crippen LogP contribution in [-0.2, 0) is 9.59 Å². The first-order chi connectivity index (χ1) is 10.1. The molecule has 0 amide bonds. The second kappa shape index (κ2) is 5.24. The summed E-state index contributed by atoms with van der Waals surface area (Å²) in [5.41, 5.74) is 1.08. The molecule has 0 atom stereocenters. The summed E-state index contributed by atoms with van der Waals surface area (Å²) in [7, 11) is 0. The molecule has 0 aliphatic heterocycles. The number of halogens is 1. The second-order valence-electron chi connectivity index (χ2n) is 5.17. The highest BCUT2D eigenvalue weighted by Gasteiger charge is 2.36. The highest BCUT2D eigenvalue weighted by Crippen LogP contribution is 2.34. The molecule has 3 rings (SSSR count). The fraction of sp³-hybridized carbons (Fsp3) is 0.312. The van der Waals surface area contributed by atoms with Gasteiger partial charge in [-0.3, -0.25) is 9.59 Å². The van der Waals surface area contributed by atoms with Crippen molar-refractivity contribution in [1.82, 2.24) is 4.98 Å². The Morgan fingerprint density at radius 3 is 2.38 bits per heavy atom. The summed E-state index contributed by atoms with van der Waals surface area (Å²) in [6, 6.07) is 5.75. The summed E-state index contributed by atoms with van der Waals surface area (Å²) >= 11 is 0. The lowest BCUT2D eigenvalue weighted by molar-refractivity contribution is -0.132.